The third kappa shape index (κ3) is 3.92. The van der Waals surface area contributed by atoms with E-state index in [4.69, 9.17) is 4.98 Å². The monoisotopic (exact) mass is 512 g/mol. The van der Waals surface area contributed by atoms with Gasteiger partial charge in [0.05, 0.1) is 39.7 Å². The Bertz CT molecular complexity index is 1750. The van der Waals surface area contributed by atoms with Gasteiger partial charge >= 0.3 is 0 Å². The molecule has 6 aromatic rings. The Hall–Kier alpha value is -4.22. The number of aromatic amines is 2. The van der Waals surface area contributed by atoms with Crippen LogP contribution in [0, 0.1) is 11.0 Å². The fraction of sp³-hybridized carbons (Fsp3) is 0.192. The van der Waals surface area contributed by atoms with Crippen LogP contribution in [0.2, 0.25) is 0 Å². The lowest BCUT2D eigenvalue weighted by Crippen LogP contribution is -2.33. The second kappa shape index (κ2) is 8.71. The van der Waals surface area contributed by atoms with Gasteiger partial charge in [-0.1, -0.05) is 6.42 Å². The minimum absolute atomic E-state index is 0.269. The Morgan fingerprint density at radius 1 is 1.05 bits per heavy atom. The topological polar surface area (TPSA) is 128 Å². The Morgan fingerprint density at radius 2 is 1.97 bits per heavy atom. The molecule has 11 heteroatoms. The van der Waals surface area contributed by atoms with Crippen LogP contribution in [-0.2, 0) is 0 Å². The van der Waals surface area contributed by atoms with E-state index in [-0.39, 0.29) is 11.0 Å². The first-order chi connectivity index (χ1) is 18.1. The molecule has 0 aromatic carbocycles. The van der Waals surface area contributed by atoms with E-state index in [0.29, 0.717) is 27.6 Å². The number of anilines is 1. The lowest BCUT2D eigenvalue weighted by molar-refractivity contribution is 0.0851. The van der Waals surface area contributed by atoms with Gasteiger partial charge in [0.15, 0.2) is 11.0 Å². The molecule has 1 atom stereocenters. The van der Waals surface area contributed by atoms with E-state index in [1.807, 2.05) is 18.2 Å². The average Bonchev–Trinajstić information content (AvgIpc) is 3.60. The highest BCUT2D eigenvalue weighted by Gasteiger charge is 2.25. The summed E-state index contributed by atoms with van der Waals surface area (Å²) < 4.78 is 13.7. The highest BCUT2D eigenvalue weighted by Crippen LogP contribution is 2.34. The van der Waals surface area contributed by atoms with Crippen LogP contribution in [0.1, 0.15) is 19.3 Å². The normalized spacial score (nSPS) is 14.8. The lowest BCUT2D eigenvalue weighted by Gasteiger charge is -2.31. The van der Waals surface area contributed by atoms with Gasteiger partial charge in [-0.25, -0.2) is 4.98 Å². The van der Waals surface area contributed by atoms with Crippen molar-refractivity contribution in [3.8, 4) is 33.3 Å². The molecule has 37 heavy (non-hydrogen) atoms. The number of hydrogen-bond donors (Lipinski definition) is 4. The zero-order valence-corrected chi connectivity index (χ0v) is 20.3. The van der Waals surface area contributed by atoms with Gasteiger partial charge in [0, 0.05) is 29.3 Å². The van der Waals surface area contributed by atoms with Gasteiger partial charge in [0.1, 0.15) is 23.1 Å². The highest BCUT2D eigenvalue weighted by molar-refractivity contribution is 7.13. The molecule has 0 radical (unpaired) electrons. The minimum Gasteiger partial charge on any atom is -0.374 e. The molecule has 1 saturated carbocycles. The highest BCUT2D eigenvalue weighted by atomic mass is 32.1. The number of halogens is 1. The van der Waals surface area contributed by atoms with Gasteiger partial charge in [0.25, 0.3) is 0 Å². The van der Waals surface area contributed by atoms with E-state index in [1.165, 1.54) is 6.07 Å². The first-order valence-electron chi connectivity index (χ1n) is 12.0. The van der Waals surface area contributed by atoms with Crippen molar-refractivity contribution >= 4 is 39.0 Å². The molecule has 0 aliphatic heterocycles. The number of nitrogens with zero attached hydrogens (tertiary/aromatic N) is 5. The minimum atomic E-state index is -0.583. The van der Waals surface area contributed by atoms with Crippen LogP contribution >= 0.6 is 11.3 Å². The number of hydrogen-bond acceptors (Lipinski definition) is 8. The van der Waals surface area contributed by atoms with Crippen LogP contribution < -0.4 is 5.32 Å². The van der Waals surface area contributed by atoms with Gasteiger partial charge < -0.3 is 15.4 Å². The number of aliphatic hydroxyl groups excluding tert-OH is 1. The number of pyridine rings is 3. The van der Waals surface area contributed by atoms with Crippen molar-refractivity contribution in [1.29, 1.82) is 0 Å². The Labute approximate surface area is 213 Å². The number of nitrogens with one attached hydrogen (secondary N) is 3. The van der Waals surface area contributed by atoms with Crippen LogP contribution in [0.3, 0.4) is 0 Å². The van der Waals surface area contributed by atoms with Gasteiger partial charge in [0.2, 0.25) is 0 Å². The van der Waals surface area contributed by atoms with Gasteiger partial charge in [-0.05, 0) is 43.2 Å². The first kappa shape index (κ1) is 22.0. The number of fused-ring (bicyclic) bond motifs is 2. The molecule has 7 rings (SSSR count). The van der Waals surface area contributed by atoms with E-state index in [1.54, 1.807) is 30.9 Å². The maximum absolute atomic E-state index is 13.7. The summed E-state index contributed by atoms with van der Waals surface area (Å²) in [7, 11) is 0. The molecule has 1 fully saturated rings. The molecule has 1 aliphatic carbocycles. The molecular weight excluding hydrogens is 491 g/mol. The SMILES string of the molecule is OC(Nc1cncc(-c2cc3c(-c4nc5c(-c6ccc(F)s6)nccc5[nH]4)n[nH]c3cn2)c1)C1CCC1. The zero-order chi connectivity index (χ0) is 24.9. The molecule has 0 bridgehead atoms. The maximum Gasteiger partial charge on any atom is 0.177 e. The van der Waals surface area contributed by atoms with Crippen molar-refractivity contribution in [2.75, 3.05) is 5.32 Å². The van der Waals surface area contributed by atoms with Crippen molar-refractivity contribution in [2.45, 2.75) is 25.5 Å². The van der Waals surface area contributed by atoms with Crippen molar-refractivity contribution in [2.24, 2.45) is 5.92 Å². The fourth-order valence-corrected chi connectivity index (χ4v) is 5.36. The van der Waals surface area contributed by atoms with Crippen molar-refractivity contribution < 1.29 is 9.50 Å². The lowest BCUT2D eigenvalue weighted by atomic mass is 9.84. The van der Waals surface area contributed by atoms with E-state index in [0.717, 1.165) is 64.0 Å². The molecule has 1 unspecified atom stereocenters. The van der Waals surface area contributed by atoms with Crippen LogP contribution in [0.25, 0.3) is 55.3 Å². The van der Waals surface area contributed by atoms with Crippen LogP contribution in [0.15, 0.2) is 55.1 Å². The number of imidazole rings is 1. The molecule has 9 nitrogen and oxygen atoms in total. The predicted molar refractivity (Wildman–Crippen MR) is 140 cm³/mol. The maximum atomic E-state index is 13.7. The van der Waals surface area contributed by atoms with Crippen LogP contribution in [-0.4, -0.2) is 46.5 Å². The Balaban J connectivity index is 1.26. The summed E-state index contributed by atoms with van der Waals surface area (Å²) >= 11 is 1.04. The summed E-state index contributed by atoms with van der Waals surface area (Å²) in [5.41, 5.74) is 5.74. The standard InChI is InChI=1S/C26H21FN8OS/c27-21-5-4-20(37-21)24-23-17(6-7-29-24)32-25(33-23)22-16-9-18(30-12-19(16)34-35-22)14-8-15(11-28-10-14)31-26(36)13-2-1-3-13/h4-13,26,31,36H,1-3H2,(H,32,33)(H,34,35). The van der Waals surface area contributed by atoms with Crippen molar-refractivity contribution in [1.82, 2.24) is 35.1 Å². The first-order valence-corrected chi connectivity index (χ1v) is 12.8. The molecular formula is C26H21FN8OS. The largest absolute Gasteiger partial charge is 0.374 e. The average molecular weight is 513 g/mol. The van der Waals surface area contributed by atoms with Gasteiger partial charge in [-0.2, -0.15) is 9.49 Å². The van der Waals surface area contributed by atoms with Crippen molar-refractivity contribution in [3.63, 3.8) is 0 Å². The second-order valence-electron chi connectivity index (χ2n) is 9.17. The molecule has 6 aromatic heterocycles. The van der Waals surface area contributed by atoms with E-state index < -0.39 is 6.23 Å². The number of aliphatic hydroxyl groups is 1. The third-order valence-electron chi connectivity index (χ3n) is 6.82. The Kier molecular flexibility index (Phi) is 5.18. The quantitative estimate of drug-likeness (QED) is 0.221. The van der Waals surface area contributed by atoms with Gasteiger partial charge in [-0.3, -0.25) is 20.1 Å². The van der Waals surface area contributed by atoms with E-state index in [9.17, 15) is 9.50 Å². The predicted octanol–water partition coefficient (Wildman–Crippen LogP) is 5.36. The summed E-state index contributed by atoms with van der Waals surface area (Å²) in [6, 6.07) is 8.85. The molecule has 184 valence electrons. The van der Waals surface area contributed by atoms with Gasteiger partial charge in [-0.15, -0.1) is 11.3 Å². The number of H-pyrrole nitrogens is 2. The summed E-state index contributed by atoms with van der Waals surface area (Å²) in [6.45, 7) is 0. The molecule has 6 heterocycles. The molecule has 0 spiro atoms. The summed E-state index contributed by atoms with van der Waals surface area (Å²) in [5, 5.41) is 21.7. The summed E-state index contributed by atoms with van der Waals surface area (Å²) in [4.78, 5) is 22.2. The molecule has 0 amide bonds. The van der Waals surface area contributed by atoms with Crippen LogP contribution in [0.5, 0.6) is 0 Å². The second-order valence-corrected chi connectivity index (χ2v) is 10.2. The smallest absolute Gasteiger partial charge is 0.177 e. The number of aromatic nitrogens is 7. The van der Waals surface area contributed by atoms with E-state index >= 15 is 0 Å². The summed E-state index contributed by atoms with van der Waals surface area (Å²) in [6.07, 6.45) is 9.50. The molecule has 4 N–H and O–H groups in total. The molecule has 0 saturated heterocycles. The van der Waals surface area contributed by atoms with E-state index in [2.05, 4.69) is 35.5 Å². The summed E-state index contributed by atoms with van der Waals surface area (Å²) in [5.74, 6) is 0.854. The number of rotatable bonds is 6. The molecule has 1 aliphatic rings. The van der Waals surface area contributed by atoms with Crippen LogP contribution in [0.4, 0.5) is 10.1 Å². The number of thiophene rings is 1. The third-order valence-corrected chi connectivity index (χ3v) is 7.70. The Morgan fingerprint density at radius 3 is 2.78 bits per heavy atom. The zero-order valence-electron chi connectivity index (χ0n) is 19.4. The van der Waals surface area contributed by atoms with Crippen molar-refractivity contribution in [3.05, 3.63) is 60.3 Å². The fourth-order valence-electron chi connectivity index (χ4n) is 4.63.